The van der Waals surface area contributed by atoms with E-state index in [9.17, 15) is 4.79 Å². The lowest BCUT2D eigenvalue weighted by molar-refractivity contribution is -0.125. The molecule has 13 heavy (non-hydrogen) atoms. The fraction of sp³-hybridized carbons (Fsp3) is 0.900. The predicted octanol–water partition coefficient (Wildman–Crippen LogP) is 2.71. The van der Waals surface area contributed by atoms with Crippen molar-refractivity contribution in [2.45, 2.75) is 46.1 Å². The molecule has 3 heteroatoms. The maximum Gasteiger partial charge on any atom is 0.223 e. The Bertz CT molecular complexity index is 150. The largest absolute Gasteiger partial charge is 0.353 e. The Labute approximate surface area is 89.6 Å². The van der Waals surface area contributed by atoms with Crippen LogP contribution in [0.15, 0.2) is 0 Å². The number of hydrogen-bond acceptors (Lipinski definition) is 1. The van der Waals surface area contributed by atoms with E-state index in [1.807, 2.05) is 13.8 Å². The first-order valence-corrected chi connectivity index (χ1v) is 6.14. The second-order valence-electron chi connectivity index (χ2n) is 3.40. The van der Waals surface area contributed by atoms with Gasteiger partial charge in [-0.15, -0.1) is 0 Å². The summed E-state index contributed by atoms with van der Waals surface area (Å²) in [6.45, 7) is 6.11. The van der Waals surface area contributed by atoms with Gasteiger partial charge in [0.2, 0.25) is 5.91 Å². The molecule has 0 fully saturated rings. The van der Waals surface area contributed by atoms with Gasteiger partial charge in [-0.2, -0.15) is 0 Å². The summed E-state index contributed by atoms with van der Waals surface area (Å²) >= 11 is 3.38. The van der Waals surface area contributed by atoms with Crippen LogP contribution in [-0.4, -0.2) is 17.3 Å². The summed E-state index contributed by atoms with van der Waals surface area (Å²) in [4.78, 5) is 11.5. The SMILES string of the molecule is CCC(CCBr)NC(=O)C(C)CC. The molecule has 0 heterocycles. The van der Waals surface area contributed by atoms with Crippen LogP contribution in [0.3, 0.4) is 0 Å². The number of halogens is 1. The van der Waals surface area contributed by atoms with E-state index in [0.717, 1.165) is 24.6 Å². The van der Waals surface area contributed by atoms with E-state index in [1.165, 1.54) is 0 Å². The highest BCUT2D eigenvalue weighted by Gasteiger charge is 2.14. The second-order valence-corrected chi connectivity index (χ2v) is 4.19. The van der Waals surface area contributed by atoms with Gasteiger partial charge < -0.3 is 5.32 Å². The van der Waals surface area contributed by atoms with Crippen molar-refractivity contribution >= 4 is 21.8 Å². The van der Waals surface area contributed by atoms with Crippen LogP contribution in [0.5, 0.6) is 0 Å². The summed E-state index contributed by atoms with van der Waals surface area (Å²) in [5, 5.41) is 4.00. The topological polar surface area (TPSA) is 29.1 Å². The Morgan fingerprint density at radius 1 is 1.38 bits per heavy atom. The van der Waals surface area contributed by atoms with Crippen molar-refractivity contribution in [1.82, 2.24) is 5.32 Å². The van der Waals surface area contributed by atoms with Crippen LogP contribution in [0.25, 0.3) is 0 Å². The molecule has 1 amide bonds. The summed E-state index contributed by atoms with van der Waals surface area (Å²) in [5.74, 6) is 0.333. The highest BCUT2D eigenvalue weighted by atomic mass is 79.9. The molecule has 1 N–H and O–H groups in total. The van der Waals surface area contributed by atoms with E-state index >= 15 is 0 Å². The van der Waals surface area contributed by atoms with Gasteiger partial charge in [-0.3, -0.25) is 4.79 Å². The van der Waals surface area contributed by atoms with Crippen molar-refractivity contribution < 1.29 is 4.79 Å². The first-order chi connectivity index (χ1) is 6.15. The number of alkyl halides is 1. The Balaban J connectivity index is 3.85. The highest BCUT2D eigenvalue weighted by molar-refractivity contribution is 9.09. The molecule has 78 valence electrons. The maximum absolute atomic E-state index is 11.5. The fourth-order valence-electron chi connectivity index (χ4n) is 1.04. The number of amides is 1. The van der Waals surface area contributed by atoms with Crippen molar-refractivity contribution in [2.24, 2.45) is 5.92 Å². The molecule has 2 unspecified atom stereocenters. The smallest absolute Gasteiger partial charge is 0.223 e. The van der Waals surface area contributed by atoms with Crippen molar-refractivity contribution in [3.05, 3.63) is 0 Å². The molecular weight excluding hydrogens is 230 g/mol. The molecule has 0 aromatic rings. The molecule has 0 aromatic carbocycles. The minimum Gasteiger partial charge on any atom is -0.353 e. The lowest BCUT2D eigenvalue weighted by atomic mass is 10.1. The Morgan fingerprint density at radius 3 is 2.38 bits per heavy atom. The number of carbonyl (C=O) groups is 1. The van der Waals surface area contributed by atoms with E-state index < -0.39 is 0 Å². The van der Waals surface area contributed by atoms with Crippen LogP contribution in [0.2, 0.25) is 0 Å². The van der Waals surface area contributed by atoms with Gasteiger partial charge >= 0.3 is 0 Å². The number of nitrogens with one attached hydrogen (secondary N) is 1. The Morgan fingerprint density at radius 2 is 2.00 bits per heavy atom. The number of rotatable bonds is 6. The average molecular weight is 250 g/mol. The summed E-state index contributed by atoms with van der Waals surface area (Å²) < 4.78 is 0. The Kier molecular flexibility index (Phi) is 7.33. The van der Waals surface area contributed by atoms with E-state index in [2.05, 4.69) is 28.2 Å². The van der Waals surface area contributed by atoms with Gasteiger partial charge in [0.25, 0.3) is 0 Å². The van der Waals surface area contributed by atoms with Crippen molar-refractivity contribution in [3.8, 4) is 0 Å². The maximum atomic E-state index is 11.5. The van der Waals surface area contributed by atoms with Crippen LogP contribution < -0.4 is 5.32 Å². The molecule has 0 radical (unpaired) electrons. The van der Waals surface area contributed by atoms with Crippen LogP contribution in [-0.2, 0) is 4.79 Å². The minimum atomic E-state index is 0.143. The van der Waals surface area contributed by atoms with Gasteiger partial charge in [-0.25, -0.2) is 0 Å². The third kappa shape index (κ3) is 5.29. The number of carbonyl (C=O) groups excluding carboxylic acids is 1. The molecular formula is C10H20BrNO. The fourth-order valence-corrected chi connectivity index (χ4v) is 1.59. The lowest BCUT2D eigenvalue weighted by Gasteiger charge is -2.18. The van der Waals surface area contributed by atoms with Gasteiger partial charge in [-0.1, -0.05) is 36.7 Å². The highest BCUT2D eigenvalue weighted by Crippen LogP contribution is 2.05. The zero-order valence-corrected chi connectivity index (χ0v) is 10.4. The number of hydrogen-bond donors (Lipinski definition) is 1. The zero-order valence-electron chi connectivity index (χ0n) is 8.77. The first kappa shape index (κ1) is 12.9. The third-order valence-electron chi connectivity index (χ3n) is 2.36. The first-order valence-electron chi connectivity index (χ1n) is 5.02. The molecule has 2 atom stereocenters. The predicted molar refractivity (Wildman–Crippen MR) is 60.1 cm³/mol. The van der Waals surface area contributed by atoms with E-state index in [4.69, 9.17) is 0 Å². The van der Waals surface area contributed by atoms with Gasteiger partial charge in [0.15, 0.2) is 0 Å². The van der Waals surface area contributed by atoms with E-state index in [1.54, 1.807) is 0 Å². The summed E-state index contributed by atoms with van der Waals surface area (Å²) in [6.07, 6.45) is 2.93. The summed E-state index contributed by atoms with van der Waals surface area (Å²) in [5.41, 5.74) is 0. The molecule has 0 aromatic heterocycles. The summed E-state index contributed by atoms with van der Waals surface area (Å²) in [7, 11) is 0. The van der Waals surface area contributed by atoms with Gasteiger partial charge in [-0.05, 0) is 19.3 Å². The van der Waals surface area contributed by atoms with E-state index in [-0.39, 0.29) is 11.8 Å². The molecule has 0 aliphatic rings. The van der Waals surface area contributed by atoms with Crippen LogP contribution in [0, 0.1) is 5.92 Å². The average Bonchev–Trinajstić information content (AvgIpc) is 2.15. The molecule has 0 saturated carbocycles. The molecule has 0 aliphatic carbocycles. The van der Waals surface area contributed by atoms with Gasteiger partial charge in [0.1, 0.15) is 0 Å². The van der Waals surface area contributed by atoms with Crippen LogP contribution in [0.1, 0.15) is 40.0 Å². The lowest BCUT2D eigenvalue weighted by Crippen LogP contribution is -2.37. The normalized spacial score (nSPS) is 15.1. The molecule has 0 saturated heterocycles. The Hall–Kier alpha value is -0.0500. The van der Waals surface area contributed by atoms with Crippen molar-refractivity contribution in [2.75, 3.05) is 5.33 Å². The third-order valence-corrected chi connectivity index (χ3v) is 2.81. The summed E-state index contributed by atoms with van der Waals surface area (Å²) in [6, 6.07) is 0.334. The molecule has 0 bridgehead atoms. The minimum absolute atomic E-state index is 0.143. The van der Waals surface area contributed by atoms with Crippen molar-refractivity contribution in [3.63, 3.8) is 0 Å². The van der Waals surface area contributed by atoms with Gasteiger partial charge in [0.05, 0.1) is 0 Å². The molecule has 0 rings (SSSR count). The monoisotopic (exact) mass is 249 g/mol. The molecule has 2 nitrogen and oxygen atoms in total. The second kappa shape index (κ2) is 7.36. The zero-order chi connectivity index (χ0) is 10.3. The van der Waals surface area contributed by atoms with Gasteiger partial charge in [0, 0.05) is 17.3 Å². The molecule has 0 aliphatic heterocycles. The standard InChI is InChI=1S/C10H20BrNO/c1-4-8(3)10(13)12-9(5-2)6-7-11/h8-9H,4-7H2,1-3H3,(H,12,13). The van der Waals surface area contributed by atoms with Crippen LogP contribution >= 0.6 is 15.9 Å². The van der Waals surface area contributed by atoms with Crippen molar-refractivity contribution in [1.29, 1.82) is 0 Å². The van der Waals surface area contributed by atoms with E-state index in [0.29, 0.717) is 6.04 Å². The van der Waals surface area contributed by atoms with Crippen LogP contribution in [0.4, 0.5) is 0 Å². The quantitative estimate of drug-likeness (QED) is 0.721. The molecule has 0 spiro atoms.